The Bertz CT molecular complexity index is 1510. The SMILES string of the molecule is COc1ccc(CNC(=O)c2ccccc2Sc2ccc3c(C=Cc4ccccn4)n[nH]c3c2)cc1. The number of hydrogen-bond donors (Lipinski definition) is 2. The molecule has 1 amide bonds. The van der Waals surface area contributed by atoms with E-state index in [1.165, 1.54) is 0 Å². The molecule has 0 fully saturated rings. The molecule has 0 aliphatic carbocycles. The number of fused-ring (bicyclic) bond motifs is 1. The molecular weight excluding hydrogens is 468 g/mol. The molecule has 2 N–H and O–H groups in total. The number of H-pyrrole nitrogens is 1. The number of nitrogens with one attached hydrogen (secondary N) is 2. The molecule has 0 spiro atoms. The van der Waals surface area contributed by atoms with Gasteiger partial charge in [0.2, 0.25) is 0 Å². The van der Waals surface area contributed by atoms with Gasteiger partial charge in [0.25, 0.3) is 5.91 Å². The summed E-state index contributed by atoms with van der Waals surface area (Å²) in [5.41, 5.74) is 4.31. The number of amides is 1. The van der Waals surface area contributed by atoms with Gasteiger partial charge in [-0.05, 0) is 72.3 Å². The van der Waals surface area contributed by atoms with Crippen LogP contribution >= 0.6 is 11.8 Å². The third-order valence-corrected chi connectivity index (χ3v) is 6.70. The monoisotopic (exact) mass is 492 g/mol. The number of rotatable bonds is 8. The molecule has 0 bridgehead atoms. The van der Waals surface area contributed by atoms with Crippen LogP contribution in [0, 0.1) is 0 Å². The summed E-state index contributed by atoms with van der Waals surface area (Å²) in [6, 6.07) is 27.2. The first-order valence-corrected chi connectivity index (χ1v) is 12.3. The van der Waals surface area contributed by atoms with Crippen LogP contribution in [0.3, 0.4) is 0 Å². The summed E-state index contributed by atoms with van der Waals surface area (Å²) in [4.78, 5) is 19.2. The van der Waals surface area contributed by atoms with Gasteiger partial charge in [-0.2, -0.15) is 5.10 Å². The first-order valence-electron chi connectivity index (χ1n) is 11.4. The highest BCUT2D eigenvalue weighted by Crippen LogP contribution is 2.33. The minimum atomic E-state index is -0.113. The molecule has 5 rings (SSSR count). The minimum absolute atomic E-state index is 0.113. The third kappa shape index (κ3) is 5.47. The van der Waals surface area contributed by atoms with Crippen molar-refractivity contribution in [3.05, 3.63) is 114 Å². The molecule has 178 valence electrons. The summed E-state index contributed by atoms with van der Waals surface area (Å²) >= 11 is 1.55. The highest BCUT2D eigenvalue weighted by atomic mass is 32.2. The first kappa shape index (κ1) is 23.4. The lowest BCUT2D eigenvalue weighted by atomic mass is 10.2. The zero-order valence-corrected chi connectivity index (χ0v) is 20.5. The molecule has 36 heavy (non-hydrogen) atoms. The van der Waals surface area contributed by atoms with Crippen molar-refractivity contribution in [1.29, 1.82) is 0 Å². The lowest BCUT2D eigenvalue weighted by molar-refractivity contribution is 0.0948. The van der Waals surface area contributed by atoms with E-state index in [1.807, 2.05) is 91.0 Å². The van der Waals surface area contributed by atoms with Crippen LogP contribution in [-0.2, 0) is 6.54 Å². The van der Waals surface area contributed by atoms with E-state index in [0.717, 1.165) is 43.4 Å². The van der Waals surface area contributed by atoms with Gasteiger partial charge in [0.05, 0.1) is 29.6 Å². The maximum atomic E-state index is 13.0. The van der Waals surface area contributed by atoms with Gasteiger partial charge >= 0.3 is 0 Å². The molecule has 2 heterocycles. The molecule has 0 aliphatic rings. The molecule has 0 saturated carbocycles. The van der Waals surface area contributed by atoms with Crippen LogP contribution in [0.15, 0.2) is 101 Å². The molecular formula is C29H24N4O2S. The fraction of sp³-hybridized carbons (Fsp3) is 0.0690. The summed E-state index contributed by atoms with van der Waals surface area (Å²) in [7, 11) is 1.63. The quantitative estimate of drug-likeness (QED) is 0.269. The van der Waals surface area contributed by atoms with Crippen LogP contribution in [0.2, 0.25) is 0 Å². The Labute approximate surface area is 213 Å². The highest BCUT2D eigenvalue weighted by molar-refractivity contribution is 7.99. The number of carbonyl (C=O) groups excluding carboxylic acids is 1. The van der Waals surface area contributed by atoms with E-state index in [2.05, 4.69) is 26.6 Å². The van der Waals surface area contributed by atoms with Crippen LogP contribution in [0.1, 0.15) is 27.3 Å². The van der Waals surface area contributed by atoms with Crippen LogP contribution in [0.25, 0.3) is 23.1 Å². The average molecular weight is 493 g/mol. The van der Waals surface area contributed by atoms with Crippen LogP contribution in [0.4, 0.5) is 0 Å². The zero-order valence-electron chi connectivity index (χ0n) is 19.6. The Morgan fingerprint density at radius 3 is 2.64 bits per heavy atom. The summed E-state index contributed by atoms with van der Waals surface area (Å²) in [6.07, 6.45) is 5.67. The molecule has 0 saturated heterocycles. The molecule has 3 aromatic carbocycles. The maximum Gasteiger partial charge on any atom is 0.252 e. The number of hydrogen-bond acceptors (Lipinski definition) is 5. The van der Waals surface area contributed by atoms with Gasteiger partial charge in [-0.1, -0.05) is 42.1 Å². The van der Waals surface area contributed by atoms with Gasteiger partial charge < -0.3 is 10.1 Å². The third-order valence-electron chi connectivity index (χ3n) is 5.64. The fourth-order valence-corrected chi connectivity index (χ4v) is 4.72. The lowest BCUT2D eigenvalue weighted by Crippen LogP contribution is -2.23. The van der Waals surface area contributed by atoms with E-state index in [-0.39, 0.29) is 5.91 Å². The molecule has 0 atom stereocenters. The fourth-order valence-electron chi connectivity index (χ4n) is 3.74. The van der Waals surface area contributed by atoms with Crippen molar-refractivity contribution < 1.29 is 9.53 Å². The molecule has 2 aromatic heterocycles. The van der Waals surface area contributed by atoms with Crippen molar-refractivity contribution in [2.75, 3.05) is 7.11 Å². The van der Waals surface area contributed by atoms with Gasteiger partial charge in [0.1, 0.15) is 5.75 Å². The average Bonchev–Trinajstić information content (AvgIpc) is 3.34. The number of ether oxygens (including phenoxy) is 1. The Hall–Kier alpha value is -4.36. The van der Waals surface area contributed by atoms with E-state index >= 15 is 0 Å². The van der Waals surface area contributed by atoms with Crippen molar-refractivity contribution in [1.82, 2.24) is 20.5 Å². The smallest absolute Gasteiger partial charge is 0.252 e. The predicted molar refractivity (Wildman–Crippen MR) is 144 cm³/mol. The Balaban J connectivity index is 1.30. The second-order valence-electron chi connectivity index (χ2n) is 8.03. The molecule has 0 radical (unpaired) electrons. The van der Waals surface area contributed by atoms with Crippen LogP contribution < -0.4 is 10.1 Å². The summed E-state index contributed by atoms with van der Waals surface area (Å²) < 4.78 is 5.19. The first-order chi connectivity index (χ1) is 17.7. The van der Waals surface area contributed by atoms with E-state index in [0.29, 0.717) is 12.1 Å². The van der Waals surface area contributed by atoms with E-state index in [9.17, 15) is 4.79 Å². The highest BCUT2D eigenvalue weighted by Gasteiger charge is 2.13. The molecule has 5 aromatic rings. The second kappa shape index (κ2) is 10.9. The number of benzene rings is 3. The number of aromatic amines is 1. The Kier molecular flexibility index (Phi) is 7.10. The van der Waals surface area contributed by atoms with Crippen LogP contribution in [-0.4, -0.2) is 28.2 Å². The van der Waals surface area contributed by atoms with Gasteiger partial charge in [0.15, 0.2) is 0 Å². The predicted octanol–water partition coefficient (Wildman–Crippen LogP) is 6.22. The van der Waals surface area contributed by atoms with Gasteiger partial charge in [-0.3, -0.25) is 14.9 Å². The molecule has 6 nitrogen and oxygen atoms in total. The van der Waals surface area contributed by atoms with Crippen molar-refractivity contribution in [3.63, 3.8) is 0 Å². The van der Waals surface area contributed by atoms with Gasteiger partial charge in [-0.15, -0.1) is 0 Å². The van der Waals surface area contributed by atoms with E-state index < -0.39 is 0 Å². The van der Waals surface area contributed by atoms with Crippen molar-refractivity contribution >= 4 is 40.7 Å². The van der Waals surface area contributed by atoms with Crippen molar-refractivity contribution in [3.8, 4) is 5.75 Å². The van der Waals surface area contributed by atoms with Gasteiger partial charge in [-0.25, -0.2) is 0 Å². The maximum absolute atomic E-state index is 13.0. The van der Waals surface area contributed by atoms with E-state index in [4.69, 9.17) is 4.74 Å². The second-order valence-corrected chi connectivity index (χ2v) is 9.15. The summed E-state index contributed by atoms with van der Waals surface area (Å²) in [5.74, 6) is 0.677. The largest absolute Gasteiger partial charge is 0.497 e. The Morgan fingerprint density at radius 2 is 1.83 bits per heavy atom. The molecule has 7 heteroatoms. The lowest BCUT2D eigenvalue weighted by Gasteiger charge is -2.10. The van der Waals surface area contributed by atoms with E-state index in [1.54, 1.807) is 25.1 Å². The standard InChI is InChI=1S/C29H24N4O2S/c1-35-22-12-9-20(10-13-22)19-31-29(34)25-7-2-3-8-28(25)36-23-14-15-24-26(32-33-27(24)18-23)16-11-21-6-4-5-17-30-21/h2-18H,19H2,1H3,(H,31,34)(H,32,33). The topological polar surface area (TPSA) is 79.9 Å². The molecule has 0 aliphatic heterocycles. The number of methoxy groups -OCH3 is 1. The van der Waals surface area contributed by atoms with Crippen LogP contribution in [0.5, 0.6) is 5.75 Å². The number of pyridine rings is 1. The van der Waals surface area contributed by atoms with Crippen molar-refractivity contribution in [2.24, 2.45) is 0 Å². The zero-order chi connectivity index (χ0) is 24.7. The summed E-state index contributed by atoms with van der Waals surface area (Å²) in [6.45, 7) is 0.441. The number of aromatic nitrogens is 3. The summed E-state index contributed by atoms with van der Waals surface area (Å²) in [5, 5.41) is 11.6. The molecule has 0 unspecified atom stereocenters. The normalized spacial score (nSPS) is 11.1. The van der Waals surface area contributed by atoms with Gasteiger partial charge in [0, 0.05) is 27.9 Å². The minimum Gasteiger partial charge on any atom is -0.497 e. The Morgan fingerprint density at radius 1 is 1.00 bits per heavy atom. The number of nitrogens with zero attached hydrogens (tertiary/aromatic N) is 2. The van der Waals surface area contributed by atoms with Crippen molar-refractivity contribution in [2.45, 2.75) is 16.3 Å². The number of carbonyl (C=O) groups is 1.